The van der Waals surface area contributed by atoms with Gasteiger partial charge in [0.25, 0.3) is 5.91 Å². The molecule has 0 N–H and O–H groups in total. The molecular formula is C19H23N3O6. The summed E-state index contributed by atoms with van der Waals surface area (Å²) in [6, 6.07) is 3.29. The summed E-state index contributed by atoms with van der Waals surface area (Å²) in [6.07, 6.45) is 3.54. The van der Waals surface area contributed by atoms with Crippen LogP contribution in [0.1, 0.15) is 16.8 Å². The molecule has 1 saturated heterocycles. The van der Waals surface area contributed by atoms with Gasteiger partial charge >= 0.3 is 0 Å². The fraction of sp³-hybridized carbons (Fsp3) is 0.421. The van der Waals surface area contributed by atoms with Crippen LogP contribution < -0.4 is 23.7 Å². The topological polar surface area (TPSA) is 92.2 Å². The van der Waals surface area contributed by atoms with Gasteiger partial charge in [0, 0.05) is 18.5 Å². The number of hydrogen-bond donors (Lipinski definition) is 0. The Morgan fingerprint density at radius 2 is 1.68 bits per heavy atom. The highest BCUT2D eigenvalue weighted by Crippen LogP contribution is 2.38. The number of hydrogen-bond acceptors (Lipinski definition) is 8. The molecule has 9 nitrogen and oxygen atoms in total. The summed E-state index contributed by atoms with van der Waals surface area (Å²) >= 11 is 0. The maximum atomic E-state index is 13.0. The third kappa shape index (κ3) is 4.03. The number of rotatable bonds is 7. The van der Waals surface area contributed by atoms with Gasteiger partial charge in [0.05, 0.1) is 47.4 Å². The van der Waals surface area contributed by atoms with Crippen molar-refractivity contribution in [3.63, 3.8) is 0 Å². The Kier molecular flexibility index (Phi) is 6.03. The Labute approximate surface area is 163 Å². The molecular weight excluding hydrogens is 366 g/mol. The number of methoxy groups -OCH3 is 4. The van der Waals surface area contributed by atoms with E-state index in [2.05, 4.69) is 9.97 Å². The quantitative estimate of drug-likeness (QED) is 0.708. The monoisotopic (exact) mass is 389 g/mol. The van der Waals surface area contributed by atoms with Gasteiger partial charge in [0.15, 0.2) is 11.5 Å². The number of benzene rings is 1. The van der Waals surface area contributed by atoms with Crippen molar-refractivity contribution in [1.29, 1.82) is 0 Å². The molecule has 0 saturated carbocycles. The number of nitrogens with zero attached hydrogens (tertiary/aromatic N) is 3. The van der Waals surface area contributed by atoms with E-state index in [1.165, 1.54) is 40.8 Å². The summed E-state index contributed by atoms with van der Waals surface area (Å²) in [5.41, 5.74) is 0.455. The van der Waals surface area contributed by atoms with Crippen LogP contribution in [0.2, 0.25) is 0 Å². The Hall–Kier alpha value is -3.23. The van der Waals surface area contributed by atoms with Gasteiger partial charge in [-0.1, -0.05) is 0 Å². The molecule has 1 aliphatic heterocycles. The van der Waals surface area contributed by atoms with Gasteiger partial charge in [-0.2, -0.15) is 4.98 Å². The molecule has 9 heteroatoms. The van der Waals surface area contributed by atoms with Gasteiger partial charge in [-0.25, -0.2) is 0 Å². The van der Waals surface area contributed by atoms with E-state index >= 15 is 0 Å². The summed E-state index contributed by atoms with van der Waals surface area (Å²) in [7, 11) is 6.06. The van der Waals surface area contributed by atoms with Crippen LogP contribution in [-0.2, 0) is 0 Å². The summed E-state index contributed by atoms with van der Waals surface area (Å²) in [6.45, 7) is 1.01. The Bertz CT molecular complexity index is 819. The second-order valence-electron chi connectivity index (χ2n) is 6.09. The largest absolute Gasteiger partial charge is 0.493 e. The maximum absolute atomic E-state index is 13.0. The lowest BCUT2D eigenvalue weighted by atomic mass is 10.1. The average molecular weight is 389 g/mol. The van der Waals surface area contributed by atoms with Crippen LogP contribution in [0.25, 0.3) is 0 Å². The Morgan fingerprint density at radius 3 is 2.29 bits per heavy atom. The van der Waals surface area contributed by atoms with Crippen molar-refractivity contribution in [2.45, 2.75) is 12.5 Å². The van der Waals surface area contributed by atoms with Crippen LogP contribution in [-0.4, -0.2) is 68.4 Å². The average Bonchev–Trinajstić information content (AvgIpc) is 3.20. The molecule has 28 heavy (non-hydrogen) atoms. The molecule has 1 unspecified atom stereocenters. The van der Waals surface area contributed by atoms with E-state index in [9.17, 15) is 4.79 Å². The zero-order chi connectivity index (χ0) is 20.1. The first-order valence-electron chi connectivity index (χ1n) is 8.71. The van der Waals surface area contributed by atoms with Crippen molar-refractivity contribution in [2.75, 3.05) is 41.5 Å². The van der Waals surface area contributed by atoms with E-state index in [1.807, 2.05) is 0 Å². The molecule has 150 valence electrons. The molecule has 3 rings (SSSR count). The maximum Gasteiger partial charge on any atom is 0.254 e. The lowest BCUT2D eigenvalue weighted by Gasteiger charge is -2.19. The van der Waals surface area contributed by atoms with Gasteiger partial charge in [0.1, 0.15) is 6.10 Å². The molecule has 0 radical (unpaired) electrons. The van der Waals surface area contributed by atoms with Crippen molar-refractivity contribution >= 4 is 5.91 Å². The highest BCUT2D eigenvalue weighted by atomic mass is 16.5. The molecule has 1 aromatic heterocycles. The van der Waals surface area contributed by atoms with E-state index < -0.39 is 0 Å². The lowest BCUT2D eigenvalue weighted by molar-refractivity contribution is 0.0770. The summed E-state index contributed by atoms with van der Waals surface area (Å²) < 4.78 is 26.8. The SMILES string of the molecule is COc1cncc(OC2CCN(C(=O)c3cc(OC)c(OC)c(OC)c3)C2)n1. The van der Waals surface area contributed by atoms with Crippen molar-refractivity contribution in [3.8, 4) is 29.0 Å². The minimum atomic E-state index is -0.174. The first-order valence-corrected chi connectivity index (χ1v) is 8.71. The predicted octanol–water partition coefficient (Wildman–Crippen LogP) is 1.80. The molecule has 1 fully saturated rings. The standard InChI is InChI=1S/C19H23N3O6/c1-24-14-7-12(8-15(25-2)18(14)27-4)19(23)22-6-5-13(11-22)28-17-10-20-9-16(21-17)26-3/h7-10,13H,5-6,11H2,1-4H3. The molecule has 2 aromatic rings. The van der Waals surface area contributed by atoms with E-state index in [0.717, 1.165) is 0 Å². The Balaban J connectivity index is 1.72. The van der Waals surface area contributed by atoms with Gasteiger partial charge in [-0.3, -0.25) is 9.78 Å². The Morgan fingerprint density at radius 1 is 1.00 bits per heavy atom. The minimum Gasteiger partial charge on any atom is -0.493 e. The first-order chi connectivity index (χ1) is 13.6. The minimum absolute atomic E-state index is 0.137. The number of carbonyl (C=O) groups excluding carboxylic acids is 1. The van der Waals surface area contributed by atoms with Crippen LogP contribution in [0.4, 0.5) is 0 Å². The zero-order valence-electron chi connectivity index (χ0n) is 16.3. The molecule has 1 aromatic carbocycles. The molecule has 0 aliphatic carbocycles. The number of ether oxygens (including phenoxy) is 5. The zero-order valence-corrected chi connectivity index (χ0v) is 16.3. The van der Waals surface area contributed by atoms with E-state index in [1.54, 1.807) is 17.0 Å². The normalized spacial score (nSPS) is 15.9. The smallest absolute Gasteiger partial charge is 0.254 e. The molecule has 0 spiro atoms. The van der Waals surface area contributed by atoms with Crippen LogP contribution in [0.3, 0.4) is 0 Å². The summed E-state index contributed by atoms with van der Waals surface area (Å²) in [5, 5.41) is 0. The third-order valence-corrected chi connectivity index (χ3v) is 4.43. The predicted molar refractivity (Wildman–Crippen MR) is 99.6 cm³/mol. The third-order valence-electron chi connectivity index (χ3n) is 4.43. The molecule has 1 aliphatic rings. The van der Waals surface area contributed by atoms with Gasteiger partial charge in [0.2, 0.25) is 17.5 Å². The molecule has 0 bridgehead atoms. The van der Waals surface area contributed by atoms with E-state index in [4.69, 9.17) is 23.7 Å². The van der Waals surface area contributed by atoms with Crippen LogP contribution >= 0.6 is 0 Å². The van der Waals surface area contributed by atoms with Crippen molar-refractivity contribution in [1.82, 2.24) is 14.9 Å². The highest BCUT2D eigenvalue weighted by molar-refractivity contribution is 5.95. The van der Waals surface area contributed by atoms with Gasteiger partial charge < -0.3 is 28.6 Å². The van der Waals surface area contributed by atoms with Crippen LogP contribution in [0, 0.1) is 0 Å². The fourth-order valence-electron chi connectivity index (χ4n) is 3.05. The second kappa shape index (κ2) is 8.64. The molecule has 1 amide bonds. The van der Waals surface area contributed by atoms with Crippen molar-refractivity contribution in [3.05, 3.63) is 30.1 Å². The number of carbonyl (C=O) groups is 1. The van der Waals surface area contributed by atoms with Gasteiger partial charge in [-0.05, 0) is 12.1 Å². The fourth-order valence-corrected chi connectivity index (χ4v) is 3.05. The van der Waals surface area contributed by atoms with Crippen LogP contribution in [0.15, 0.2) is 24.5 Å². The van der Waals surface area contributed by atoms with Gasteiger partial charge in [-0.15, -0.1) is 0 Å². The van der Waals surface area contributed by atoms with Crippen molar-refractivity contribution < 1.29 is 28.5 Å². The summed E-state index contributed by atoms with van der Waals surface area (Å²) in [5.74, 6) is 1.92. The highest BCUT2D eigenvalue weighted by Gasteiger charge is 2.30. The van der Waals surface area contributed by atoms with Crippen molar-refractivity contribution in [2.24, 2.45) is 0 Å². The molecule has 1 atom stereocenters. The van der Waals surface area contributed by atoms with Crippen LogP contribution in [0.5, 0.6) is 29.0 Å². The van der Waals surface area contributed by atoms with E-state index in [0.29, 0.717) is 54.1 Å². The summed E-state index contributed by atoms with van der Waals surface area (Å²) in [4.78, 5) is 22.9. The second-order valence-corrected chi connectivity index (χ2v) is 6.09. The first kappa shape index (κ1) is 19.5. The number of aromatic nitrogens is 2. The van der Waals surface area contributed by atoms with E-state index in [-0.39, 0.29) is 12.0 Å². The molecule has 2 heterocycles. The number of likely N-dealkylation sites (tertiary alicyclic amines) is 1. The lowest BCUT2D eigenvalue weighted by Crippen LogP contribution is -2.31. The number of amides is 1.